The first-order valence-corrected chi connectivity index (χ1v) is 4.79. The van der Waals surface area contributed by atoms with E-state index < -0.39 is 0 Å². The van der Waals surface area contributed by atoms with Gasteiger partial charge >= 0.3 is 0 Å². The highest BCUT2D eigenvalue weighted by molar-refractivity contribution is 5.51. The van der Waals surface area contributed by atoms with E-state index in [-0.39, 0.29) is 0 Å². The molecule has 0 nitrogen and oxygen atoms in total. The summed E-state index contributed by atoms with van der Waals surface area (Å²) in [6, 6.07) is 0. The Bertz CT molecular complexity index is 336. The van der Waals surface area contributed by atoms with Gasteiger partial charge in [-0.05, 0) is 23.6 Å². The van der Waals surface area contributed by atoms with Crippen LogP contribution in [-0.2, 0) is 0 Å². The van der Waals surface area contributed by atoms with E-state index in [0.717, 1.165) is 16.7 Å². The van der Waals surface area contributed by atoms with Crippen molar-refractivity contribution in [2.75, 3.05) is 0 Å². The van der Waals surface area contributed by atoms with Gasteiger partial charge in [0.05, 0.1) is 0 Å². The minimum Gasteiger partial charge on any atom is -0.0991 e. The summed E-state index contributed by atoms with van der Waals surface area (Å²) in [5.74, 6) is 0. The van der Waals surface area contributed by atoms with Gasteiger partial charge in [0.15, 0.2) is 0 Å². The average molecular weight is 198 g/mol. The maximum absolute atomic E-state index is 3.76. The minimum atomic E-state index is 1.00. The summed E-state index contributed by atoms with van der Waals surface area (Å²) in [5, 5.41) is 0. The quantitative estimate of drug-likeness (QED) is 0.550. The number of hydrogen-bond acceptors (Lipinski definition) is 0. The molecule has 0 bridgehead atoms. The predicted molar refractivity (Wildman–Crippen MR) is 70.7 cm³/mol. The van der Waals surface area contributed by atoms with E-state index in [1.54, 1.807) is 24.3 Å². The maximum Gasteiger partial charge on any atom is -0.0155 e. The van der Waals surface area contributed by atoms with Crippen LogP contribution in [0.15, 0.2) is 85.6 Å². The zero-order valence-corrected chi connectivity index (χ0v) is 9.37. The van der Waals surface area contributed by atoms with Gasteiger partial charge in [-0.1, -0.05) is 68.8 Å². The molecule has 0 aromatic rings. The molecule has 0 aromatic carbocycles. The minimum absolute atomic E-state index is 1.00. The Hall–Kier alpha value is -1.82. The number of hydrogen-bond donors (Lipinski definition) is 0. The van der Waals surface area contributed by atoms with Crippen molar-refractivity contribution in [3.05, 3.63) is 85.6 Å². The Balaban J connectivity index is 5.48. The molecular formula is C15H18. The highest BCUT2D eigenvalue weighted by Gasteiger charge is 1.99. The van der Waals surface area contributed by atoms with E-state index >= 15 is 0 Å². The monoisotopic (exact) mass is 198 g/mol. The van der Waals surface area contributed by atoms with Crippen LogP contribution in [0.4, 0.5) is 0 Å². The molecule has 0 unspecified atom stereocenters. The van der Waals surface area contributed by atoms with Gasteiger partial charge in [0.25, 0.3) is 0 Å². The normalized spacial score (nSPS) is 10.9. The largest absolute Gasteiger partial charge is 0.0991 e. The van der Waals surface area contributed by atoms with Crippen molar-refractivity contribution in [3.63, 3.8) is 0 Å². The van der Waals surface area contributed by atoms with Crippen molar-refractivity contribution >= 4 is 0 Å². The van der Waals surface area contributed by atoms with Gasteiger partial charge in [-0.2, -0.15) is 0 Å². The summed E-state index contributed by atoms with van der Waals surface area (Å²) in [6.45, 7) is 16.9. The van der Waals surface area contributed by atoms with Gasteiger partial charge in [-0.25, -0.2) is 0 Å². The molecule has 0 heterocycles. The Morgan fingerprint density at radius 3 is 1.93 bits per heavy atom. The molecule has 0 fully saturated rings. The molecule has 0 radical (unpaired) electrons. The van der Waals surface area contributed by atoms with Gasteiger partial charge in [0, 0.05) is 0 Å². The first kappa shape index (κ1) is 13.2. The van der Waals surface area contributed by atoms with Gasteiger partial charge in [-0.3, -0.25) is 0 Å². The van der Waals surface area contributed by atoms with Gasteiger partial charge in [0.2, 0.25) is 0 Å². The van der Waals surface area contributed by atoms with Crippen LogP contribution in [0.2, 0.25) is 0 Å². The third-order valence-electron chi connectivity index (χ3n) is 1.94. The van der Waals surface area contributed by atoms with Crippen LogP contribution in [0.5, 0.6) is 0 Å². The Morgan fingerprint density at radius 1 is 0.933 bits per heavy atom. The molecule has 0 spiro atoms. The molecule has 0 aliphatic carbocycles. The van der Waals surface area contributed by atoms with Crippen molar-refractivity contribution in [1.82, 2.24) is 0 Å². The topological polar surface area (TPSA) is 0 Å². The fourth-order valence-electron chi connectivity index (χ4n) is 1.19. The predicted octanol–water partition coefficient (Wildman–Crippen LogP) is 4.53. The van der Waals surface area contributed by atoms with Gasteiger partial charge < -0.3 is 0 Å². The Morgan fingerprint density at radius 2 is 1.53 bits per heavy atom. The van der Waals surface area contributed by atoms with Crippen LogP contribution < -0.4 is 0 Å². The molecule has 15 heavy (non-hydrogen) atoms. The van der Waals surface area contributed by atoms with Crippen molar-refractivity contribution < 1.29 is 0 Å². The summed E-state index contributed by atoms with van der Waals surface area (Å²) >= 11 is 0. The maximum atomic E-state index is 3.76. The molecule has 0 saturated carbocycles. The molecule has 0 heteroatoms. The summed E-state index contributed by atoms with van der Waals surface area (Å²) in [7, 11) is 0. The molecular weight excluding hydrogens is 180 g/mol. The summed E-state index contributed by atoms with van der Waals surface area (Å²) < 4.78 is 0. The van der Waals surface area contributed by atoms with Crippen molar-refractivity contribution in [2.45, 2.75) is 6.92 Å². The van der Waals surface area contributed by atoms with Gasteiger partial charge in [-0.15, -0.1) is 0 Å². The molecule has 0 rings (SSSR count). The molecule has 0 saturated heterocycles. The van der Waals surface area contributed by atoms with Crippen LogP contribution >= 0.6 is 0 Å². The second-order valence-corrected chi connectivity index (χ2v) is 2.96. The molecule has 78 valence electrons. The van der Waals surface area contributed by atoms with Crippen LogP contribution in [0.3, 0.4) is 0 Å². The molecule has 0 amide bonds. The molecule has 0 aliphatic heterocycles. The van der Waals surface area contributed by atoms with Crippen LogP contribution in [-0.4, -0.2) is 0 Å². The van der Waals surface area contributed by atoms with E-state index in [2.05, 4.69) is 26.3 Å². The smallest absolute Gasteiger partial charge is 0.0155 e. The third kappa shape index (κ3) is 4.28. The van der Waals surface area contributed by atoms with E-state index in [1.165, 1.54) is 0 Å². The Kier molecular flexibility index (Phi) is 6.65. The summed E-state index contributed by atoms with van der Waals surface area (Å²) in [4.78, 5) is 0. The standard InChI is InChI=1S/C15H18/c1-6-10-12-15(13(5)11-7-2)14(8-3)9-4/h6-12H,1-4H2,5H3/b12-10-,13-11-. The molecule has 0 aromatic heterocycles. The third-order valence-corrected chi connectivity index (χ3v) is 1.94. The average Bonchev–Trinajstić information content (AvgIpc) is 2.24. The summed E-state index contributed by atoms with van der Waals surface area (Å²) in [6.07, 6.45) is 12.9. The van der Waals surface area contributed by atoms with Gasteiger partial charge in [0.1, 0.15) is 0 Å². The second kappa shape index (κ2) is 7.57. The van der Waals surface area contributed by atoms with Crippen molar-refractivity contribution in [1.29, 1.82) is 0 Å². The zero-order chi connectivity index (χ0) is 11.7. The number of allylic oxidation sites excluding steroid dienone is 10. The molecule has 0 atom stereocenters. The lowest BCUT2D eigenvalue weighted by Crippen LogP contribution is -1.86. The van der Waals surface area contributed by atoms with Crippen LogP contribution in [0.1, 0.15) is 6.92 Å². The van der Waals surface area contributed by atoms with E-state index in [0.29, 0.717) is 0 Å². The lowest BCUT2D eigenvalue weighted by Gasteiger charge is -2.05. The van der Waals surface area contributed by atoms with E-state index in [4.69, 9.17) is 0 Å². The lowest BCUT2D eigenvalue weighted by molar-refractivity contribution is 1.39. The fourth-order valence-corrected chi connectivity index (χ4v) is 1.19. The Labute approximate surface area is 93.0 Å². The summed E-state index contributed by atoms with van der Waals surface area (Å²) in [5.41, 5.74) is 3.21. The second-order valence-electron chi connectivity index (χ2n) is 2.96. The van der Waals surface area contributed by atoms with E-state index in [9.17, 15) is 0 Å². The SMILES string of the molecule is C=C/C=C\C(=C(C=C)C=C)/C(C)=C\C=C. The van der Waals surface area contributed by atoms with Crippen molar-refractivity contribution in [2.24, 2.45) is 0 Å². The first-order chi connectivity index (χ1) is 7.21. The number of rotatable bonds is 6. The van der Waals surface area contributed by atoms with Crippen LogP contribution in [0, 0.1) is 0 Å². The molecule has 0 aliphatic rings. The zero-order valence-electron chi connectivity index (χ0n) is 9.37. The fraction of sp³-hybridized carbons (Fsp3) is 0.0667. The highest BCUT2D eigenvalue weighted by Crippen LogP contribution is 2.18. The molecule has 0 N–H and O–H groups in total. The van der Waals surface area contributed by atoms with Crippen LogP contribution in [0.25, 0.3) is 0 Å². The van der Waals surface area contributed by atoms with E-state index in [1.807, 2.05) is 25.2 Å². The highest BCUT2D eigenvalue weighted by atomic mass is 14.0. The lowest BCUT2D eigenvalue weighted by atomic mass is 10.00. The van der Waals surface area contributed by atoms with Crippen molar-refractivity contribution in [3.8, 4) is 0 Å². The first-order valence-electron chi connectivity index (χ1n) is 4.79.